The lowest BCUT2D eigenvalue weighted by molar-refractivity contribution is -0.131. The molecular formula is C28H32N6O. The Kier molecular flexibility index (Phi) is 7.34. The number of nitrogens with zero attached hydrogens (tertiary/aromatic N) is 6. The predicted molar refractivity (Wildman–Crippen MR) is 136 cm³/mol. The van der Waals surface area contributed by atoms with Crippen LogP contribution in [0.5, 0.6) is 0 Å². The zero-order valence-corrected chi connectivity index (χ0v) is 21.1. The SMILES string of the molecule is CCc1ccc(CN(Cc2cccnc2)C(=O)Cc2c(C)nn(-c3nc(C)cc(C)n3)c2C)cc1. The van der Waals surface area contributed by atoms with E-state index in [1.165, 1.54) is 5.56 Å². The van der Waals surface area contributed by atoms with Gasteiger partial charge in [0.15, 0.2) is 0 Å². The minimum absolute atomic E-state index is 0.0421. The molecule has 7 heteroatoms. The summed E-state index contributed by atoms with van der Waals surface area (Å²) >= 11 is 0. The van der Waals surface area contributed by atoms with E-state index < -0.39 is 0 Å². The maximum absolute atomic E-state index is 13.6. The second kappa shape index (κ2) is 10.6. The van der Waals surface area contributed by atoms with E-state index in [2.05, 4.69) is 51.2 Å². The van der Waals surface area contributed by atoms with Gasteiger partial charge in [-0.15, -0.1) is 0 Å². The molecular weight excluding hydrogens is 436 g/mol. The van der Waals surface area contributed by atoms with Crippen molar-refractivity contribution < 1.29 is 4.79 Å². The summed E-state index contributed by atoms with van der Waals surface area (Å²) in [6, 6.07) is 14.3. The number of amides is 1. The standard InChI is InChI=1S/C28H32N6O/c1-6-23-9-11-24(12-10-23)17-33(18-25-8-7-13-29-16-25)27(35)15-26-21(4)32-34(22(26)5)28-30-19(2)14-20(3)31-28/h7-14,16H,6,15,17-18H2,1-5H3. The number of carbonyl (C=O) groups is 1. The Morgan fingerprint density at radius 3 is 2.20 bits per heavy atom. The molecule has 4 aromatic rings. The second-order valence-electron chi connectivity index (χ2n) is 8.97. The van der Waals surface area contributed by atoms with Gasteiger partial charge in [0, 0.05) is 48.1 Å². The van der Waals surface area contributed by atoms with Crippen molar-refractivity contribution in [1.29, 1.82) is 0 Å². The first-order valence-corrected chi connectivity index (χ1v) is 12.0. The Labute approximate surface area is 206 Å². The van der Waals surface area contributed by atoms with Crippen molar-refractivity contribution in [3.63, 3.8) is 0 Å². The van der Waals surface area contributed by atoms with Crippen LogP contribution >= 0.6 is 0 Å². The average Bonchev–Trinajstić information content (AvgIpc) is 3.12. The summed E-state index contributed by atoms with van der Waals surface area (Å²) in [5.41, 5.74) is 7.76. The molecule has 0 radical (unpaired) electrons. The van der Waals surface area contributed by atoms with Gasteiger partial charge in [-0.05, 0) is 62.9 Å². The molecule has 0 spiro atoms. The molecule has 180 valence electrons. The highest BCUT2D eigenvalue weighted by Gasteiger charge is 2.21. The fourth-order valence-electron chi connectivity index (χ4n) is 4.24. The molecule has 1 aromatic carbocycles. The molecule has 0 unspecified atom stereocenters. The smallest absolute Gasteiger partial charge is 0.251 e. The summed E-state index contributed by atoms with van der Waals surface area (Å²) in [4.78, 5) is 28.8. The van der Waals surface area contributed by atoms with Gasteiger partial charge >= 0.3 is 0 Å². The highest BCUT2D eigenvalue weighted by Crippen LogP contribution is 2.20. The molecule has 7 nitrogen and oxygen atoms in total. The third-order valence-electron chi connectivity index (χ3n) is 6.18. The lowest BCUT2D eigenvalue weighted by Gasteiger charge is -2.23. The topological polar surface area (TPSA) is 76.8 Å². The Morgan fingerprint density at radius 1 is 0.914 bits per heavy atom. The maximum Gasteiger partial charge on any atom is 0.251 e. The molecule has 4 rings (SSSR count). The lowest BCUT2D eigenvalue weighted by atomic mass is 10.1. The van der Waals surface area contributed by atoms with Gasteiger partial charge in [0.25, 0.3) is 5.95 Å². The van der Waals surface area contributed by atoms with Crippen molar-refractivity contribution in [1.82, 2.24) is 29.6 Å². The number of carbonyl (C=O) groups excluding carboxylic acids is 1. The minimum Gasteiger partial charge on any atom is -0.334 e. The molecule has 0 bridgehead atoms. The Hall–Kier alpha value is -3.87. The summed E-state index contributed by atoms with van der Waals surface area (Å²) in [7, 11) is 0. The number of aryl methyl sites for hydroxylation is 4. The van der Waals surface area contributed by atoms with Gasteiger partial charge in [-0.25, -0.2) is 14.6 Å². The molecule has 3 heterocycles. The minimum atomic E-state index is 0.0421. The summed E-state index contributed by atoms with van der Waals surface area (Å²) < 4.78 is 1.74. The van der Waals surface area contributed by atoms with Crippen LogP contribution in [0.2, 0.25) is 0 Å². The van der Waals surface area contributed by atoms with Crippen LogP contribution in [-0.2, 0) is 30.7 Å². The third kappa shape index (κ3) is 5.80. The van der Waals surface area contributed by atoms with Gasteiger partial charge in [-0.2, -0.15) is 5.10 Å². The van der Waals surface area contributed by atoms with Crippen molar-refractivity contribution in [2.24, 2.45) is 0 Å². The molecule has 3 aromatic heterocycles. The number of rotatable bonds is 8. The third-order valence-corrected chi connectivity index (χ3v) is 6.18. The van der Waals surface area contributed by atoms with Crippen LogP contribution in [0.25, 0.3) is 5.95 Å². The monoisotopic (exact) mass is 468 g/mol. The fraction of sp³-hybridized carbons (Fsp3) is 0.321. The van der Waals surface area contributed by atoms with Gasteiger partial charge < -0.3 is 4.90 Å². The van der Waals surface area contributed by atoms with Gasteiger partial charge in [-0.3, -0.25) is 9.78 Å². The maximum atomic E-state index is 13.6. The highest BCUT2D eigenvalue weighted by atomic mass is 16.2. The quantitative estimate of drug-likeness (QED) is 0.377. The zero-order chi connectivity index (χ0) is 24.9. The van der Waals surface area contributed by atoms with Crippen molar-refractivity contribution in [3.8, 4) is 5.95 Å². The van der Waals surface area contributed by atoms with E-state index in [4.69, 9.17) is 0 Å². The number of hydrogen-bond donors (Lipinski definition) is 0. The molecule has 0 aliphatic carbocycles. The van der Waals surface area contributed by atoms with E-state index in [1.54, 1.807) is 10.9 Å². The normalized spacial score (nSPS) is 11.0. The van der Waals surface area contributed by atoms with Gasteiger partial charge in [-0.1, -0.05) is 37.3 Å². The molecule has 0 atom stereocenters. The molecule has 0 saturated heterocycles. The Morgan fingerprint density at radius 2 is 1.57 bits per heavy atom. The summed E-state index contributed by atoms with van der Waals surface area (Å²) in [5, 5.41) is 4.67. The van der Waals surface area contributed by atoms with Crippen LogP contribution < -0.4 is 0 Å². The van der Waals surface area contributed by atoms with E-state index in [1.807, 2.05) is 57.0 Å². The first kappa shape index (κ1) is 24.3. The summed E-state index contributed by atoms with van der Waals surface area (Å²) in [6.45, 7) is 11.0. The molecule has 0 aliphatic heterocycles. The first-order valence-electron chi connectivity index (χ1n) is 12.0. The second-order valence-corrected chi connectivity index (χ2v) is 8.97. The molecule has 1 amide bonds. The predicted octanol–water partition coefficient (Wildman–Crippen LogP) is 4.62. The molecule has 35 heavy (non-hydrogen) atoms. The highest BCUT2D eigenvalue weighted by molar-refractivity contribution is 5.79. The largest absolute Gasteiger partial charge is 0.334 e. The van der Waals surface area contributed by atoms with E-state index in [0.29, 0.717) is 19.0 Å². The van der Waals surface area contributed by atoms with Crippen LogP contribution in [0.4, 0.5) is 0 Å². The van der Waals surface area contributed by atoms with E-state index >= 15 is 0 Å². The van der Waals surface area contributed by atoms with Crippen LogP contribution in [0.3, 0.4) is 0 Å². The van der Waals surface area contributed by atoms with Crippen molar-refractivity contribution in [2.75, 3.05) is 0 Å². The molecule has 0 fully saturated rings. The fourth-order valence-corrected chi connectivity index (χ4v) is 4.24. The summed E-state index contributed by atoms with van der Waals surface area (Å²) in [5.74, 6) is 0.575. The van der Waals surface area contributed by atoms with Crippen LogP contribution in [0.1, 0.15) is 52.0 Å². The van der Waals surface area contributed by atoms with Gasteiger partial charge in [0.05, 0.1) is 12.1 Å². The van der Waals surface area contributed by atoms with Crippen LogP contribution in [-0.4, -0.2) is 35.5 Å². The Bertz CT molecular complexity index is 1290. The molecule has 0 saturated carbocycles. The van der Waals surface area contributed by atoms with Crippen molar-refractivity contribution in [3.05, 3.63) is 99.9 Å². The molecule has 0 N–H and O–H groups in total. The zero-order valence-electron chi connectivity index (χ0n) is 21.1. The van der Waals surface area contributed by atoms with Crippen molar-refractivity contribution in [2.45, 2.75) is 60.5 Å². The number of hydrogen-bond acceptors (Lipinski definition) is 5. The molecule has 0 aliphatic rings. The Balaban J connectivity index is 1.61. The van der Waals surface area contributed by atoms with Crippen LogP contribution in [0, 0.1) is 27.7 Å². The summed E-state index contributed by atoms with van der Waals surface area (Å²) in [6.07, 6.45) is 4.81. The van der Waals surface area contributed by atoms with Crippen LogP contribution in [0.15, 0.2) is 54.9 Å². The van der Waals surface area contributed by atoms with E-state index in [9.17, 15) is 4.79 Å². The van der Waals surface area contributed by atoms with Gasteiger partial charge in [0.2, 0.25) is 5.91 Å². The lowest BCUT2D eigenvalue weighted by Crippen LogP contribution is -2.31. The number of benzene rings is 1. The average molecular weight is 469 g/mol. The van der Waals surface area contributed by atoms with Gasteiger partial charge in [0.1, 0.15) is 0 Å². The number of aromatic nitrogens is 5. The van der Waals surface area contributed by atoms with E-state index in [0.717, 1.165) is 45.9 Å². The number of pyridine rings is 1. The van der Waals surface area contributed by atoms with Crippen molar-refractivity contribution >= 4 is 5.91 Å². The first-order chi connectivity index (χ1) is 16.8. The van der Waals surface area contributed by atoms with E-state index in [-0.39, 0.29) is 12.3 Å².